The molecular weight excluding hydrogens is 193 g/mol. The molecule has 1 aromatic carbocycles. The molecule has 1 heterocycles. The molecule has 0 aromatic heterocycles. The zero-order valence-corrected chi connectivity index (χ0v) is 8.87. The van der Waals surface area contributed by atoms with Crippen molar-refractivity contribution < 1.29 is 9.13 Å². The zero-order valence-electron chi connectivity index (χ0n) is 8.87. The predicted octanol–water partition coefficient (Wildman–Crippen LogP) is 2.11. The van der Waals surface area contributed by atoms with E-state index in [1.807, 2.05) is 24.3 Å². The second-order valence-electron chi connectivity index (χ2n) is 3.89. The van der Waals surface area contributed by atoms with Crippen LogP contribution in [0.4, 0.5) is 4.39 Å². The van der Waals surface area contributed by atoms with Crippen molar-refractivity contribution >= 4 is 0 Å². The van der Waals surface area contributed by atoms with Gasteiger partial charge in [-0.3, -0.25) is 0 Å². The molecule has 1 fully saturated rings. The monoisotopic (exact) mass is 209 g/mol. The van der Waals surface area contributed by atoms with Crippen LogP contribution in [0.2, 0.25) is 0 Å². The molecule has 0 aliphatic carbocycles. The van der Waals surface area contributed by atoms with Gasteiger partial charge in [0.15, 0.2) is 0 Å². The summed E-state index contributed by atoms with van der Waals surface area (Å²) >= 11 is 0. The van der Waals surface area contributed by atoms with E-state index in [1.54, 1.807) is 7.11 Å². The van der Waals surface area contributed by atoms with E-state index >= 15 is 0 Å². The van der Waals surface area contributed by atoms with Crippen LogP contribution in [0.1, 0.15) is 17.9 Å². The van der Waals surface area contributed by atoms with Gasteiger partial charge < -0.3 is 10.1 Å². The Morgan fingerprint density at radius 1 is 1.33 bits per heavy atom. The van der Waals surface area contributed by atoms with Crippen LogP contribution in [-0.4, -0.2) is 26.4 Å². The summed E-state index contributed by atoms with van der Waals surface area (Å²) in [5, 5.41) is 3.06. The molecule has 0 unspecified atom stereocenters. The Balaban J connectivity index is 2.13. The fraction of sp³-hybridized carbons (Fsp3) is 0.500. The molecular formula is C12H16FNO. The number of rotatable bonds is 2. The number of hydrogen-bond acceptors (Lipinski definition) is 2. The lowest BCUT2D eigenvalue weighted by atomic mass is 9.89. The average Bonchev–Trinajstić information content (AvgIpc) is 2.30. The summed E-state index contributed by atoms with van der Waals surface area (Å²) in [5.74, 6) is 0.861. The SMILES string of the molecule is COc1ccc([C@@H]2CCNC[C@H]2F)cc1. The topological polar surface area (TPSA) is 21.3 Å². The number of ether oxygens (including phenoxy) is 1. The highest BCUT2D eigenvalue weighted by Crippen LogP contribution is 2.28. The van der Waals surface area contributed by atoms with Crippen molar-refractivity contribution in [2.45, 2.75) is 18.5 Å². The minimum absolute atomic E-state index is 0.0390. The number of halogens is 1. The van der Waals surface area contributed by atoms with Gasteiger partial charge in [-0.1, -0.05) is 12.1 Å². The highest BCUT2D eigenvalue weighted by molar-refractivity contribution is 5.30. The molecule has 0 bridgehead atoms. The maximum atomic E-state index is 13.6. The fourth-order valence-electron chi connectivity index (χ4n) is 2.05. The quantitative estimate of drug-likeness (QED) is 0.805. The molecule has 0 saturated carbocycles. The lowest BCUT2D eigenvalue weighted by Gasteiger charge is -2.27. The summed E-state index contributed by atoms with van der Waals surface area (Å²) in [6.07, 6.45) is 0.0974. The van der Waals surface area contributed by atoms with Gasteiger partial charge in [0.1, 0.15) is 11.9 Å². The van der Waals surface area contributed by atoms with Crippen LogP contribution in [0.15, 0.2) is 24.3 Å². The maximum Gasteiger partial charge on any atom is 0.119 e. The highest BCUT2D eigenvalue weighted by Gasteiger charge is 2.25. The predicted molar refractivity (Wildman–Crippen MR) is 58.1 cm³/mol. The Bertz CT molecular complexity index is 312. The van der Waals surface area contributed by atoms with Crippen molar-refractivity contribution in [1.29, 1.82) is 0 Å². The summed E-state index contributed by atoms with van der Waals surface area (Å²) < 4.78 is 18.7. The van der Waals surface area contributed by atoms with Crippen molar-refractivity contribution in [2.75, 3.05) is 20.2 Å². The van der Waals surface area contributed by atoms with E-state index in [0.29, 0.717) is 6.54 Å². The van der Waals surface area contributed by atoms with Gasteiger partial charge >= 0.3 is 0 Å². The van der Waals surface area contributed by atoms with Crippen LogP contribution in [-0.2, 0) is 0 Å². The largest absolute Gasteiger partial charge is 0.497 e. The Labute approximate surface area is 89.4 Å². The van der Waals surface area contributed by atoms with E-state index in [0.717, 1.165) is 24.3 Å². The first kappa shape index (κ1) is 10.4. The normalized spacial score (nSPS) is 26.3. The minimum atomic E-state index is -0.771. The van der Waals surface area contributed by atoms with Crippen molar-refractivity contribution in [1.82, 2.24) is 5.32 Å². The Morgan fingerprint density at radius 3 is 2.67 bits per heavy atom. The van der Waals surface area contributed by atoms with Crippen molar-refractivity contribution in [3.05, 3.63) is 29.8 Å². The number of nitrogens with one attached hydrogen (secondary N) is 1. The van der Waals surface area contributed by atoms with Gasteiger partial charge in [0.2, 0.25) is 0 Å². The third-order valence-electron chi connectivity index (χ3n) is 2.95. The standard InChI is InChI=1S/C12H16FNO/c1-15-10-4-2-9(3-5-10)11-6-7-14-8-12(11)13/h2-5,11-12,14H,6-8H2,1H3/t11-,12+/m0/s1. The van der Waals surface area contributed by atoms with Crippen LogP contribution in [0, 0.1) is 0 Å². The molecule has 0 amide bonds. The summed E-state index contributed by atoms with van der Waals surface area (Å²) in [6, 6.07) is 7.71. The van der Waals surface area contributed by atoms with Gasteiger partial charge in [0.05, 0.1) is 7.11 Å². The van der Waals surface area contributed by atoms with Crippen LogP contribution in [0.5, 0.6) is 5.75 Å². The molecule has 3 heteroatoms. The van der Waals surface area contributed by atoms with Gasteiger partial charge in [-0.05, 0) is 30.7 Å². The van der Waals surface area contributed by atoms with E-state index in [9.17, 15) is 4.39 Å². The first-order valence-electron chi connectivity index (χ1n) is 5.30. The third-order valence-corrected chi connectivity index (χ3v) is 2.95. The summed E-state index contributed by atoms with van der Waals surface area (Å²) in [7, 11) is 1.64. The van der Waals surface area contributed by atoms with Gasteiger partial charge in [-0.2, -0.15) is 0 Å². The second kappa shape index (κ2) is 4.62. The van der Waals surface area contributed by atoms with Crippen molar-refractivity contribution in [2.24, 2.45) is 0 Å². The Morgan fingerprint density at radius 2 is 2.07 bits per heavy atom. The first-order chi connectivity index (χ1) is 7.31. The first-order valence-corrected chi connectivity index (χ1v) is 5.30. The molecule has 2 atom stereocenters. The molecule has 2 nitrogen and oxygen atoms in total. The van der Waals surface area contributed by atoms with Gasteiger partial charge in [-0.25, -0.2) is 4.39 Å². The molecule has 1 N–H and O–H groups in total. The van der Waals surface area contributed by atoms with E-state index in [2.05, 4.69) is 5.32 Å². The fourth-order valence-corrected chi connectivity index (χ4v) is 2.05. The van der Waals surface area contributed by atoms with Crippen molar-refractivity contribution in [3.8, 4) is 5.75 Å². The molecule has 0 radical (unpaired) electrons. The zero-order chi connectivity index (χ0) is 10.7. The molecule has 1 saturated heterocycles. The number of methoxy groups -OCH3 is 1. The molecule has 1 aliphatic heterocycles. The number of benzene rings is 1. The van der Waals surface area contributed by atoms with Crippen LogP contribution >= 0.6 is 0 Å². The average molecular weight is 209 g/mol. The molecule has 15 heavy (non-hydrogen) atoms. The smallest absolute Gasteiger partial charge is 0.119 e. The minimum Gasteiger partial charge on any atom is -0.497 e. The molecule has 1 aliphatic rings. The second-order valence-corrected chi connectivity index (χ2v) is 3.89. The molecule has 0 spiro atoms. The maximum absolute atomic E-state index is 13.6. The van der Waals surface area contributed by atoms with E-state index in [1.165, 1.54) is 0 Å². The molecule has 2 rings (SSSR count). The molecule has 1 aromatic rings. The number of piperidine rings is 1. The van der Waals surface area contributed by atoms with Crippen LogP contribution < -0.4 is 10.1 Å². The Hall–Kier alpha value is -1.09. The van der Waals surface area contributed by atoms with Gasteiger partial charge in [0.25, 0.3) is 0 Å². The summed E-state index contributed by atoms with van der Waals surface area (Å²) in [4.78, 5) is 0. The Kier molecular flexibility index (Phi) is 3.21. The van der Waals surface area contributed by atoms with Crippen LogP contribution in [0.3, 0.4) is 0 Å². The van der Waals surface area contributed by atoms with Gasteiger partial charge in [0, 0.05) is 12.5 Å². The lowest BCUT2D eigenvalue weighted by molar-refractivity contribution is 0.231. The number of alkyl halides is 1. The highest BCUT2D eigenvalue weighted by atomic mass is 19.1. The van der Waals surface area contributed by atoms with E-state index in [-0.39, 0.29) is 5.92 Å². The van der Waals surface area contributed by atoms with Crippen molar-refractivity contribution in [3.63, 3.8) is 0 Å². The summed E-state index contributed by atoms with van der Waals surface area (Å²) in [6.45, 7) is 1.37. The molecule has 82 valence electrons. The summed E-state index contributed by atoms with van der Waals surface area (Å²) in [5.41, 5.74) is 1.07. The lowest BCUT2D eigenvalue weighted by Crippen LogP contribution is -2.36. The number of hydrogen-bond donors (Lipinski definition) is 1. The van der Waals surface area contributed by atoms with Gasteiger partial charge in [-0.15, -0.1) is 0 Å². The van der Waals surface area contributed by atoms with E-state index < -0.39 is 6.17 Å². The van der Waals surface area contributed by atoms with E-state index in [4.69, 9.17) is 4.74 Å². The third kappa shape index (κ3) is 2.29. The van der Waals surface area contributed by atoms with Crippen LogP contribution in [0.25, 0.3) is 0 Å².